The Kier molecular flexibility index (Phi) is 3.71. The van der Waals surface area contributed by atoms with E-state index >= 15 is 0 Å². The van der Waals surface area contributed by atoms with Crippen molar-refractivity contribution < 1.29 is 9.53 Å². The van der Waals surface area contributed by atoms with Gasteiger partial charge in [-0.3, -0.25) is 4.79 Å². The molecule has 0 aliphatic carbocycles. The fourth-order valence-electron chi connectivity index (χ4n) is 2.26. The van der Waals surface area contributed by atoms with Gasteiger partial charge in [0.05, 0.1) is 5.69 Å². The predicted octanol–water partition coefficient (Wildman–Crippen LogP) is 3.59. The summed E-state index contributed by atoms with van der Waals surface area (Å²) in [6, 6.07) is 11.5. The van der Waals surface area contributed by atoms with Gasteiger partial charge in [0, 0.05) is 17.3 Å². The summed E-state index contributed by atoms with van der Waals surface area (Å²) in [5, 5.41) is 6.90. The number of amides is 1. The second-order valence-corrected chi connectivity index (χ2v) is 5.42. The average molecular weight is 303 g/mol. The largest absolute Gasteiger partial charge is 0.482 e. The molecule has 4 nitrogen and oxygen atoms in total. The van der Waals surface area contributed by atoms with Crippen molar-refractivity contribution in [1.82, 2.24) is 0 Å². The van der Waals surface area contributed by atoms with Crippen molar-refractivity contribution in [1.29, 1.82) is 0 Å². The van der Waals surface area contributed by atoms with Crippen LogP contribution in [0.4, 0.5) is 11.4 Å². The van der Waals surface area contributed by atoms with Crippen molar-refractivity contribution >= 4 is 28.9 Å². The van der Waals surface area contributed by atoms with E-state index < -0.39 is 0 Å². The minimum absolute atomic E-state index is 0.0779. The van der Waals surface area contributed by atoms with E-state index in [1.54, 1.807) is 0 Å². The van der Waals surface area contributed by atoms with Gasteiger partial charge >= 0.3 is 0 Å². The first-order valence-corrected chi connectivity index (χ1v) is 7.05. The van der Waals surface area contributed by atoms with E-state index in [4.69, 9.17) is 16.3 Å². The first kappa shape index (κ1) is 13.8. The van der Waals surface area contributed by atoms with Crippen LogP contribution in [0.5, 0.6) is 5.75 Å². The Morgan fingerprint density at radius 3 is 2.95 bits per heavy atom. The molecule has 0 aromatic heterocycles. The molecule has 0 bridgehead atoms. The molecule has 3 rings (SSSR count). The summed E-state index contributed by atoms with van der Waals surface area (Å²) in [6.45, 7) is 2.75. The number of carbonyl (C=O) groups excluding carboxylic acids is 1. The number of ether oxygens (including phenoxy) is 1. The second kappa shape index (κ2) is 5.66. The van der Waals surface area contributed by atoms with Crippen molar-refractivity contribution in [2.45, 2.75) is 13.5 Å². The van der Waals surface area contributed by atoms with Crippen molar-refractivity contribution in [3.05, 3.63) is 52.5 Å². The lowest BCUT2D eigenvalue weighted by atomic mass is 10.1. The van der Waals surface area contributed by atoms with Crippen LogP contribution in [0.1, 0.15) is 11.1 Å². The van der Waals surface area contributed by atoms with Gasteiger partial charge in [-0.2, -0.15) is 0 Å². The topological polar surface area (TPSA) is 50.4 Å². The van der Waals surface area contributed by atoms with E-state index in [9.17, 15) is 4.79 Å². The Labute approximate surface area is 128 Å². The van der Waals surface area contributed by atoms with E-state index in [1.165, 1.54) is 0 Å². The molecule has 0 radical (unpaired) electrons. The van der Waals surface area contributed by atoms with Gasteiger partial charge in [-0.05, 0) is 48.4 Å². The van der Waals surface area contributed by atoms with Gasteiger partial charge in [0.1, 0.15) is 5.75 Å². The molecule has 1 amide bonds. The predicted molar refractivity (Wildman–Crippen MR) is 84.1 cm³/mol. The third-order valence-electron chi connectivity index (χ3n) is 3.35. The third-order valence-corrected chi connectivity index (χ3v) is 3.58. The van der Waals surface area contributed by atoms with Gasteiger partial charge in [-0.1, -0.05) is 17.7 Å². The molecule has 0 saturated heterocycles. The summed E-state index contributed by atoms with van der Waals surface area (Å²) in [4.78, 5) is 11.3. The summed E-state index contributed by atoms with van der Waals surface area (Å²) in [6.07, 6.45) is 0. The molecule has 0 spiro atoms. The highest BCUT2D eigenvalue weighted by Crippen LogP contribution is 2.29. The number of benzene rings is 2. The quantitative estimate of drug-likeness (QED) is 0.911. The van der Waals surface area contributed by atoms with Crippen molar-refractivity contribution in [2.75, 3.05) is 17.2 Å². The summed E-state index contributed by atoms with van der Waals surface area (Å²) in [5.74, 6) is 0.585. The highest BCUT2D eigenvalue weighted by Gasteiger charge is 2.15. The van der Waals surface area contributed by atoms with Gasteiger partial charge in [0.15, 0.2) is 6.61 Å². The molecule has 0 fully saturated rings. The molecule has 1 aliphatic rings. The highest BCUT2D eigenvalue weighted by atomic mass is 35.5. The Morgan fingerprint density at radius 2 is 2.14 bits per heavy atom. The van der Waals surface area contributed by atoms with E-state index in [2.05, 4.69) is 10.6 Å². The molecule has 5 heteroatoms. The number of rotatable bonds is 3. The highest BCUT2D eigenvalue weighted by molar-refractivity contribution is 6.30. The fraction of sp³-hybridized carbons (Fsp3) is 0.188. The SMILES string of the molecule is Cc1cc(Cl)ccc1NCc1ccc2c(c1)NC(=O)CO2. The Morgan fingerprint density at radius 1 is 1.29 bits per heavy atom. The maximum absolute atomic E-state index is 11.3. The fourth-order valence-corrected chi connectivity index (χ4v) is 2.49. The molecule has 2 aromatic carbocycles. The summed E-state index contributed by atoms with van der Waals surface area (Å²) < 4.78 is 5.34. The number of hydrogen-bond acceptors (Lipinski definition) is 3. The summed E-state index contributed by atoms with van der Waals surface area (Å²) >= 11 is 5.95. The zero-order valence-electron chi connectivity index (χ0n) is 11.6. The number of nitrogens with one attached hydrogen (secondary N) is 2. The lowest BCUT2D eigenvalue weighted by Gasteiger charge is -2.19. The number of anilines is 2. The van der Waals surface area contributed by atoms with Crippen LogP contribution in [-0.4, -0.2) is 12.5 Å². The lowest BCUT2D eigenvalue weighted by Crippen LogP contribution is -2.25. The number of carbonyl (C=O) groups is 1. The van der Waals surface area contributed by atoms with E-state index in [0.717, 1.165) is 27.5 Å². The van der Waals surface area contributed by atoms with Gasteiger partial charge < -0.3 is 15.4 Å². The molecule has 0 saturated carbocycles. The van der Waals surface area contributed by atoms with Crippen LogP contribution in [0.25, 0.3) is 0 Å². The zero-order chi connectivity index (χ0) is 14.8. The van der Waals surface area contributed by atoms with Crippen LogP contribution >= 0.6 is 11.6 Å². The Bertz CT molecular complexity index is 701. The van der Waals surface area contributed by atoms with Crippen LogP contribution in [0.2, 0.25) is 5.02 Å². The normalized spacial score (nSPS) is 13.1. The molecule has 2 N–H and O–H groups in total. The minimum Gasteiger partial charge on any atom is -0.482 e. The van der Waals surface area contributed by atoms with Crippen LogP contribution in [0.3, 0.4) is 0 Å². The lowest BCUT2D eigenvalue weighted by molar-refractivity contribution is -0.118. The number of fused-ring (bicyclic) bond motifs is 1. The van der Waals surface area contributed by atoms with Gasteiger partial charge in [0.2, 0.25) is 0 Å². The van der Waals surface area contributed by atoms with Crippen LogP contribution in [0.15, 0.2) is 36.4 Å². The number of hydrogen-bond donors (Lipinski definition) is 2. The maximum Gasteiger partial charge on any atom is 0.262 e. The summed E-state index contributed by atoms with van der Waals surface area (Å²) in [5.41, 5.74) is 3.92. The molecule has 108 valence electrons. The van der Waals surface area contributed by atoms with Crippen molar-refractivity contribution in [3.8, 4) is 5.75 Å². The van der Waals surface area contributed by atoms with E-state index in [-0.39, 0.29) is 12.5 Å². The Hall–Kier alpha value is -2.20. The van der Waals surface area contributed by atoms with Gasteiger partial charge in [-0.25, -0.2) is 0 Å². The molecule has 21 heavy (non-hydrogen) atoms. The van der Waals surface area contributed by atoms with Crippen molar-refractivity contribution in [3.63, 3.8) is 0 Å². The molecule has 2 aromatic rings. The number of aryl methyl sites for hydroxylation is 1. The maximum atomic E-state index is 11.3. The first-order chi connectivity index (χ1) is 10.1. The van der Waals surface area contributed by atoms with Crippen molar-refractivity contribution in [2.24, 2.45) is 0 Å². The molecular weight excluding hydrogens is 288 g/mol. The van der Waals surface area contributed by atoms with Crippen LogP contribution in [-0.2, 0) is 11.3 Å². The minimum atomic E-state index is -0.124. The molecule has 1 aliphatic heterocycles. The van der Waals surface area contributed by atoms with Gasteiger partial charge in [0.25, 0.3) is 5.91 Å². The second-order valence-electron chi connectivity index (χ2n) is 4.98. The average Bonchev–Trinajstić information content (AvgIpc) is 2.46. The zero-order valence-corrected chi connectivity index (χ0v) is 12.3. The van der Waals surface area contributed by atoms with Gasteiger partial charge in [-0.15, -0.1) is 0 Å². The van der Waals surface area contributed by atoms with Crippen LogP contribution in [0, 0.1) is 6.92 Å². The standard InChI is InChI=1S/C16H15ClN2O2/c1-10-6-12(17)3-4-13(10)18-8-11-2-5-15-14(7-11)19-16(20)9-21-15/h2-7,18H,8-9H2,1H3,(H,19,20). The molecule has 0 atom stereocenters. The van der Waals surface area contributed by atoms with E-state index in [1.807, 2.05) is 43.3 Å². The van der Waals surface area contributed by atoms with Crippen LogP contribution < -0.4 is 15.4 Å². The molecular formula is C16H15ClN2O2. The monoisotopic (exact) mass is 302 g/mol. The number of halogens is 1. The first-order valence-electron chi connectivity index (χ1n) is 6.67. The molecule has 1 heterocycles. The molecule has 0 unspecified atom stereocenters. The Balaban J connectivity index is 1.73. The summed E-state index contributed by atoms with van der Waals surface area (Å²) in [7, 11) is 0. The third kappa shape index (κ3) is 3.11. The van der Waals surface area contributed by atoms with E-state index in [0.29, 0.717) is 12.3 Å². The smallest absolute Gasteiger partial charge is 0.262 e.